The highest BCUT2D eigenvalue weighted by Gasteiger charge is 2.09. The van der Waals surface area contributed by atoms with Crippen LogP contribution in [0.15, 0.2) is 84.0 Å². The number of benzene rings is 3. The number of hydrogen-bond acceptors (Lipinski definition) is 5. The average Bonchev–Trinajstić information content (AvgIpc) is 2.78. The Morgan fingerprint density at radius 2 is 1.50 bits per heavy atom. The third-order valence-electron chi connectivity index (χ3n) is 4.27. The monoisotopic (exact) mass is 434 g/mol. The van der Waals surface area contributed by atoms with Gasteiger partial charge in [-0.05, 0) is 12.1 Å². The summed E-state index contributed by atoms with van der Waals surface area (Å²) < 4.78 is 0. The van der Waals surface area contributed by atoms with E-state index in [0.29, 0.717) is 22.2 Å². The Kier molecular flexibility index (Phi) is 5.93. The summed E-state index contributed by atoms with van der Waals surface area (Å²) in [6.45, 7) is 0. The Balaban J connectivity index is 1.69. The molecule has 1 heterocycles. The topological polar surface area (TPSA) is 70.4 Å². The number of phenolic OH excluding ortho intramolecular Hbond substituents is 1. The van der Waals surface area contributed by atoms with Crippen LogP contribution in [0, 0.1) is 0 Å². The lowest BCUT2D eigenvalue weighted by atomic mass is 10.1. The lowest BCUT2D eigenvalue weighted by Crippen LogP contribution is -1.99. The van der Waals surface area contributed by atoms with E-state index in [2.05, 4.69) is 15.5 Å². The molecule has 5 nitrogen and oxygen atoms in total. The summed E-state index contributed by atoms with van der Waals surface area (Å²) in [5.74, 6) is 0.985. The molecule has 0 spiro atoms. The number of nitrogens with zero attached hydrogens (tertiary/aromatic N) is 3. The molecule has 4 aromatic rings. The summed E-state index contributed by atoms with van der Waals surface area (Å²) in [4.78, 5) is 9.27. The summed E-state index contributed by atoms with van der Waals surface area (Å²) in [5.41, 5.74) is 5.90. The van der Waals surface area contributed by atoms with Crippen molar-refractivity contribution in [1.29, 1.82) is 0 Å². The number of rotatable bonds is 5. The molecular weight excluding hydrogens is 419 g/mol. The highest BCUT2D eigenvalue weighted by atomic mass is 35.5. The van der Waals surface area contributed by atoms with Crippen LogP contribution in [0.2, 0.25) is 10.0 Å². The number of phenols is 1. The highest BCUT2D eigenvalue weighted by Crippen LogP contribution is 2.30. The van der Waals surface area contributed by atoms with Crippen LogP contribution in [0.5, 0.6) is 5.75 Å². The summed E-state index contributed by atoms with van der Waals surface area (Å²) >= 11 is 12.0. The van der Waals surface area contributed by atoms with Gasteiger partial charge in [0.15, 0.2) is 11.6 Å². The fourth-order valence-electron chi connectivity index (χ4n) is 2.83. The minimum absolute atomic E-state index is 0.0933. The zero-order valence-corrected chi connectivity index (χ0v) is 17.1. The fourth-order valence-corrected chi connectivity index (χ4v) is 3.34. The van der Waals surface area contributed by atoms with Gasteiger partial charge in [0, 0.05) is 27.8 Å². The fraction of sp³-hybridized carbons (Fsp3) is 0. The maximum Gasteiger partial charge on any atom is 0.162 e. The molecule has 0 aliphatic rings. The smallest absolute Gasteiger partial charge is 0.162 e. The zero-order chi connectivity index (χ0) is 20.9. The molecule has 0 unspecified atom stereocenters. The number of aromatic nitrogens is 2. The van der Waals surface area contributed by atoms with Crippen molar-refractivity contribution in [3.63, 3.8) is 0 Å². The predicted molar refractivity (Wildman–Crippen MR) is 122 cm³/mol. The minimum Gasteiger partial charge on any atom is -0.506 e. The second kappa shape index (κ2) is 8.95. The molecule has 0 aliphatic carbocycles. The van der Waals surface area contributed by atoms with Crippen LogP contribution >= 0.6 is 23.2 Å². The molecule has 0 fully saturated rings. The van der Waals surface area contributed by atoms with Crippen LogP contribution in [0.25, 0.3) is 22.6 Å². The van der Waals surface area contributed by atoms with Gasteiger partial charge in [-0.25, -0.2) is 9.97 Å². The van der Waals surface area contributed by atoms with Gasteiger partial charge in [0.1, 0.15) is 5.75 Å². The van der Waals surface area contributed by atoms with Crippen molar-refractivity contribution in [3.8, 4) is 28.4 Å². The third-order valence-corrected chi connectivity index (χ3v) is 4.77. The first-order valence-corrected chi connectivity index (χ1v) is 9.83. The van der Waals surface area contributed by atoms with E-state index in [-0.39, 0.29) is 10.8 Å². The molecule has 0 aliphatic heterocycles. The van der Waals surface area contributed by atoms with Crippen molar-refractivity contribution in [2.24, 2.45) is 5.10 Å². The van der Waals surface area contributed by atoms with Crippen LogP contribution in [0.3, 0.4) is 0 Å². The van der Waals surface area contributed by atoms with Gasteiger partial charge < -0.3 is 5.11 Å². The second-order valence-electron chi connectivity index (χ2n) is 6.39. The van der Waals surface area contributed by atoms with Gasteiger partial charge >= 0.3 is 0 Å². The molecule has 7 heteroatoms. The van der Waals surface area contributed by atoms with Crippen molar-refractivity contribution in [3.05, 3.63) is 94.5 Å². The van der Waals surface area contributed by atoms with Gasteiger partial charge in [-0.1, -0.05) is 83.9 Å². The summed E-state index contributed by atoms with van der Waals surface area (Å²) in [6.07, 6.45) is 1.43. The number of hydrazone groups is 1. The van der Waals surface area contributed by atoms with Crippen molar-refractivity contribution >= 4 is 35.2 Å². The van der Waals surface area contributed by atoms with E-state index < -0.39 is 0 Å². The predicted octanol–water partition coefficient (Wildman–Crippen LogP) is 6.27. The quantitative estimate of drug-likeness (QED) is 0.286. The molecule has 1 aromatic heterocycles. The Morgan fingerprint density at radius 1 is 0.833 bits per heavy atom. The van der Waals surface area contributed by atoms with Gasteiger partial charge in [0.05, 0.1) is 16.9 Å². The molecule has 0 radical (unpaired) electrons. The summed E-state index contributed by atoms with van der Waals surface area (Å²) in [6, 6.07) is 24.4. The van der Waals surface area contributed by atoms with Gasteiger partial charge in [-0.3, -0.25) is 5.43 Å². The Hall–Kier alpha value is -3.41. The number of hydrogen-bond donors (Lipinski definition) is 2. The van der Waals surface area contributed by atoms with E-state index >= 15 is 0 Å². The Morgan fingerprint density at radius 3 is 2.20 bits per heavy atom. The lowest BCUT2D eigenvalue weighted by Gasteiger charge is -2.08. The van der Waals surface area contributed by atoms with E-state index in [1.165, 1.54) is 12.3 Å². The normalized spacial score (nSPS) is 11.0. The number of halogens is 2. The molecule has 30 heavy (non-hydrogen) atoms. The molecule has 0 atom stereocenters. The lowest BCUT2D eigenvalue weighted by molar-refractivity contribution is 0.475. The molecule has 0 bridgehead atoms. The Labute approximate surface area is 183 Å². The van der Waals surface area contributed by atoms with Crippen molar-refractivity contribution in [1.82, 2.24) is 9.97 Å². The largest absolute Gasteiger partial charge is 0.506 e. The SMILES string of the molecule is Oc1c(Cl)cc(Cl)cc1C=NNc1cc(-c2ccccc2)nc(-c2ccccc2)n1. The van der Waals surface area contributed by atoms with Gasteiger partial charge in [0.25, 0.3) is 0 Å². The van der Waals surface area contributed by atoms with Crippen LogP contribution in [-0.2, 0) is 0 Å². The molecular formula is C23H16Cl2N4O. The van der Waals surface area contributed by atoms with Crippen molar-refractivity contribution in [2.75, 3.05) is 5.43 Å². The van der Waals surface area contributed by atoms with Gasteiger partial charge in [0.2, 0.25) is 0 Å². The maximum atomic E-state index is 10.1. The highest BCUT2D eigenvalue weighted by molar-refractivity contribution is 6.36. The van der Waals surface area contributed by atoms with E-state index in [0.717, 1.165) is 16.8 Å². The van der Waals surface area contributed by atoms with Crippen LogP contribution in [0.4, 0.5) is 5.82 Å². The second-order valence-corrected chi connectivity index (χ2v) is 7.23. The van der Waals surface area contributed by atoms with Crippen LogP contribution < -0.4 is 5.43 Å². The molecule has 4 rings (SSSR count). The Bertz CT molecular complexity index is 1140. The average molecular weight is 435 g/mol. The van der Waals surface area contributed by atoms with E-state index in [1.807, 2.05) is 66.7 Å². The van der Waals surface area contributed by atoms with Crippen molar-refractivity contribution in [2.45, 2.75) is 0 Å². The van der Waals surface area contributed by atoms with Crippen LogP contribution in [0.1, 0.15) is 5.56 Å². The molecule has 0 saturated carbocycles. The molecule has 3 aromatic carbocycles. The maximum absolute atomic E-state index is 10.1. The molecule has 148 valence electrons. The van der Waals surface area contributed by atoms with Crippen LogP contribution in [-0.4, -0.2) is 21.3 Å². The molecule has 0 amide bonds. The first-order chi connectivity index (χ1) is 14.6. The molecule has 0 saturated heterocycles. The molecule has 2 N–H and O–H groups in total. The minimum atomic E-state index is -0.0933. The van der Waals surface area contributed by atoms with Crippen molar-refractivity contribution < 1.29 is 5.11 Å². The van der Waals surface area contributed by atoms with E-state index in [4.69, 9.17) is 28.2 Å². The first kappa shape index (κ1) is 19.9. The number of anilines is 1. The summed E-state index contributed by atoms with van der Waals surface area (Å²) in [7, 11) is 0. The van der Waals surface area contributed by atoms with E-state index in [9.17, 15) is 5.11 Å². The summed E-state index contributed by atoms with van der Waals surface area (Å²) in [5, 5.41) is 14.8. The number of aromatic hydroxyl groups is 1. The third kappa shape index (κ3) is 4.59. The number of nitrogens with one attached hydrogen (secondary N) is 1. The van der Waals surface area contributed by atoms with Gasteiger partial charge in [-0.2, -0.15) is 5.10 Å². The van der Waals surface area contributed by atoms with E-state index in [1.54, 1.807) is 6.07 Å². The zero-order valence-electron chi connectivity index (χ0n) is 15.6. The van der Waals surface area contributed by atoms with Gasteiger partial charge in [-0.15, -0.1) is 0 Å². The first-order valence-electron chi connectivity index (χ1n) is 9.07. The standard InChI is InChI=1S/C23H16Cl2N4O/c24-18-11-17(22(30)19(25)12-18)14-26-29-21-13-20(15-7-3-1-4-8-15)27-23(28-21)16-9-5-2-6-10-16/h1-14,30H,(H,27,28,29).